The summed E-state index contributed by atoms with van der Waals surface area (Å²) in [6.07, 6.45) is 2.46. The number of methoxy groups -OCH3 is 1. The van der Waals surface area contributed by atoms with Crippen LogP contribution in [-0.2, 0) is 16.0 Å². The Labute approximate surface area is 253 Å². The zero-order valence-electron chi connectivity index (χ0n) is 24.3. The molecule has 4 N–H and O–H groups in total. The minimum absolute atomic E-state index is 0.0279. The maximum atomic E-state index is 13.1. The fourth-order valence-electron chi connectivity index (χ4n) is 4.24. The molecule has 13 nitrogen and oxygen atoms in total. The number of nitrogens with one attached hydrogen (secondary N) is 3. The number of rotatable bonds is 11. The summed E-state index contributed by atoms with van der Waals surface area (Å²) in [7, 11) is 3.06. The van der Waals surface area contributed by atoms with Crippen LogP contribution in [0.5, 0.6) is 5.75 Å². The predicted molar refractivity (Wildman–Crippen MR) is 163 cm³/mol. The van der Waals surface area contributed by atoms with Gasteiger partial charge in [0.05, 0.1) is 49.3 Å². The zero-order chi connectivity index (χ0) is 31.6. The number of aliphatic carboxylic acids is 1. The second-order valence-electron chi connectivity index (χ2n) is 9.73. The van der Waals surface area contributed by atoms with Crippen LogP contribution in [0.25, 0.3) is 0 Å². The van der Waals surface area contributed by atoms with Crippen molar-refractivity contribution in [3.05, 3.63) is 102 Å². The molecule has 0 bridgehead atoms. The minimum atomic E-state index is -1.13. The molecule has 1 atom stereocenters. The van der Waals surface area contributed by atoms with Crippen LogP contribution in [0.4, 0.5) is 21.9 Å². The Balaban J connectivity index is 1.40. The Bertz CT molecular complexity index is 1650. The first-order chi connectivity index (χ1) is 21.1. The maximum absolute atomic E-state index is 13.1. The van der Waals surface area contributed by atoms with Crippen molar-refractivity contribution in [3.8, 4) is 5.75 Å². The third-order valence-electron chi connectivity index (χ3n) is 6.64. The van der Waals surface area contributed by atoms with Crippen LogP contribution >= 0.6 is 0 Å². The van der Waals surface area contributed by atoms with Gasteiger partial charge in [0.2, 0.25) is 5.91 Å². The molecule has 226 valence electrons. The van der Waals surface area contributed by atoms with E-state index in [1.54, 1.807) is 49.5 Å². The quantitative estimate of drug-likeness (QED) is 0.199. The number of pyridine rings is 1. The van der Waals surface area contributed by atoms with Gasteiger partial charge in [-0.15, -0.1) is 5.10 Å². The van der Waals surface area contributed by atoms with Crippen LogP contribution in [-0.4, -0.2) is 58.3 Å². The highest BCUT2D eigenvalue weighted by Gasteiger charge is 2.22. The number of nitrogens with zero attached hydrogens (tertiary/aromatic N) is 4. The van der Waals surface area contributed by atoms with E-state index >= 15 is 0 Å². The number of carbonyl (C=O) groups is 4. The highest BCUT2D eigenvalue weighted by molar-refractivity contribution is 6.01. The Hall–Kier alpha value is -5.85. The number of benzene rings is 2. The number of aryl methyl sites for hydroxylation is 1. The van der Waals surface area contributed by atoms with Gasteiger partial charge in [0.1, 0.15) is 5.75 Å². The molecule has 1 unspecified atom stereocenters. The van der Waals surface area contributed by atoms with E-state index in [-0.39, 0.29) is 18.0 Å². The summed E-state index contributed by atoms with van der Waals surface area (Å²) in [6.45, 7) is 1.89. The highest BCUT2D eigenvalue weighted by atomic mass is 16.5. The molecule has 2 aromatic carbocycles. The fourth-order valence-corrected chi connectivity index (χ4v) is 4.24. The average Bonchev–Trinajstić information content (AvgIpc) is 3.02. The van der Waals surface area contributed by atoms with Gasteiger partial charge in [0.25, 0.3) is 5.91 Å². The van der Waals surface area contributed by atoms with Crippen molar-refractivity contribution >= 4 is 40.9 Å². The van der Waals surface area contributed by atoms with Gasteiger partial charge in [0, 0.05) is 18.9 Å². The number of carboxylic acid groups (broad SMARTS) is 1. The fraction of sp³-hybridized carbons (Fsp3) is 0.194. The summed E-state index contributed by atoms with van der Waals surface area (Å²) in [6, 6.07) is 17.3. The predicted octanol–water partition coefficient (Wildman–Crippen LogP) is 3.98. The lowest BCUT2D eigenvalue weighted by Crippen LogP contribution is -2.32. The first kappa shape index (κ1) is 31.1. The van der Waals surface area contributed by atoms with Crippen molar-refractivity contribution in [2.75, 3.05) is 29.7 Å². The number of hydrogen-bond donors (Lipinski definition) is 4. The van der Waals surface area contributed by atoms with Gasteiger partial charge in [-0.1, -0.05) is 24.3 Å². The molecular formula is C31H31N7O6. The van der Waals surface area contributed by atoms with Crippen molar-refractivity contribution in [1.82, 2.24) is 20.5 Å². The summed E-state index contributed by atoms with van der Waals surface area (Å²) >= 11 is 0. The Morgan fingerprint density at radius 2 is 1.75 bits per heavy atom. The summed E-state index contributed by atoms with van der Waals surface area (Å²) in [5.74, 6) is -1.59. The number of carbonyl (C=O) groups excluding carboxylic acids is 3. The third-order valence-corrected chi connectivity index (χ3v) is 6.64. The van der Waals surface area contributed by atoms with Crippen LogP contribution in [0.3, 0.4) is 0 Å². The standard InChI is InChI=1S/C31H31N7O6/c1-19-7-4-5-8-22(19)35-31(43)36-24-12-10-20(15-27(24)44-3)16-28(39)38(2)21-11-13-23(32-18-21)26(17-29(40)41)34-30(42)25-9-6-14-33-37-25/h4-15,18,26H,16-17H2,1-3H3,(H,34,42)(H,40,41)(H2,35,36,43). The molecule has 0 saturated carbocycles. The average molecular weight is 598 g/mol. The van der Waals surface area contributed by atoms with Gasteiger partial charge in [-0.2, -0.15) is 5.10 Å². The number of carboxylic acids is 1. The van der Waals surface area contributed by atoms with Crippen molar-refractivity contribution < 1.29 is 29.0 Å². The number of amides is 4. The molecule has 4 amide bonds. The molecule has 0 radical (unpaired) electrons. The molecule has 0 aliphatic carbocycles. The monoisotopic (exact) mass is 597 g/mol. The van der Waals surface area contributed by atoms with Gasteiger partial charge in [-0.25, -0.2) is 4.79 Å². The molecule has 2 heterocycles. The van der Waals surface area contributed by atoms with Crippen LogP contribution in [0.1, 0.15) is 39.8 Å². The summed E-state index contributed by atoms with van der Waals surface area (Å²) < 4.78 is 5.45. The van der Waals surface area contributed by atoms with E-state index in [0.29, 0.717) is 34.1 Å². The molecule has 2 aromatic heterocycles. The van der Waals surface area contributed by atoms with E-state index in [9.17, 15) is 24.3 Å². The van der Waals surface area contributed by atoms with E-state index in [1.807, 2.05) is 25.1 Å². The van der Waals surface area contributed by atoms with Crippen LogP contribution in [0.2, 0.25) is 0 Å². The van der Waals surface area contributed by atoms with E-state index in [2.05, 4.69) is 31.1 Å². The van der Waals surface area contributed by atoms with Crippen LogP contribution in [0, 0.1) is 6.92 Å². The van der Waals surface area contributed by atoms with Gasteiger partial charge in [-0.05, 0) is 60.5 Å². The Morgan fingerprint density at radius 1 is 0.977 bits per heavy atom. The second-order valence-corrected chi connectivity index (χ2v) is 9.73. The number of para-hydroxylation sites is 1. The molecule has 0 fully saturated rings. The molecule has 0 aliphatic rings. The summed E-state index contributed by atoms with van der Waals surface area (Å²) in [4.78, 5) is 55.4. The van der Waals surface area contributed by atoms with Crippen LogP contribution < -0.4 is 25.6 Å². The number of hydrogen-bond acceptors (Lipinski definition) is 8. The number of ether oxygens (including phenoxy) is 1. The maximum Gasteiger partial charge on any atom is 0.323 e. The van der Waals surface area contributed by atoms with Crippen molar-refractivity contribution in [2.24, 2.45) is 0 Å². The summed E-state index contributed by atoms with van der Waals surface area (Å²) in [5.41, 5.74) is 3.49. The van der Waals surface area contributed by atoms with Gasteiger partial charge in [-0.3, -0.25) is 19.4 Å². The molecule has 44 heavy (non-hydrogen) atoms. The lowest BCUT2D eigenvalue weighted by molar-refractivity contribution is -0.137. The number of aromatic nitrogens is 3. The molecule has 0 saturated heterocycles. The summed E-state index contributed by atoms with van der Waals surface area (Å²) in [5, 5.41) is 24.9. The lowest BCUT2D eigenvalue weighted by atomic mass is 10.1. The highest BCUT2D eigenvalue weighted by Crippen LogP contribution is 2.27. The van der Waals surface area contributed by atoms with Crippen molar-refractivity contribution in [2.45, 2.75) is 25.8 Å². The minimum Gasteiger partial charge on any atom is -0.495 e. The van der Waals surface area contributed by atoms with Gasteiger partial charge < -0.3 is 30.7 Å². The SMILES string of the molecule is COc1cc(CC(=O)N(C)c2ccc(C(CC(=O)O)NC(=O)c3cccnn3)nc2)ccc1NC(=O)Nc1ccccc1C. The molecule has 4 aromatic rings. The van der Waals surface area contributed by atoms with Crippen molar-refractivity contribution in [1.29, 1.82) is 0 Å². The first-order valence-electron chi connectivity index (χ1n) is 13.5. The lowest BCUT2D eigenvalue weighted by Gasteiger charge is -2.20. The van der Waals surface area contributed by atoms with E-state index in [4.69, 9.17) is 4.74 Å². The topological polar surface area (TPSA) is 176 Å². The molecule has 0 aliphatic heterocycles. The number of urea groups is 1. The van der Waals surface area contributed by atoms with Crippen LogP contribution in [0.15, 0.2) is 79.1 Å². The second kappa shape index (κ2) is 14.4. The third kappa shape index (κ3) is 8.12. The normalized spacial score (nSPS) is 11.2. The molecule has 13 heteroatoms. The molecular weight excluding hydrogens is 566 g/mol. The number of anilines is 3. The van der Waals surface area contributed by atoms with Gasteiger partial charge >= 0.3 is 12.0 Å². The van der Waals surface area contributed by atoms with E-state index in [0.717, 1.165) is 5.56 Å². The molecule has 0 spiro atoms. The van der Waals surface area contributed by atoms with Crippen molar-refractivity contribution in [3.63, 3.8) is 0 Å². The largest absolute Gasteiger partial charge is 0.495 e. The van der Waals surface area contributed by atoms with Gasteiger partial charge in [0.15, 0.2) is 5.69 Å². The Morgan fingerprint density at radius 3 is 2.41 bits per heavy atom. The number of likely N-dealkylation sites (N-methyl/N-ethyl adjacent to an activating group) is 1. The van der Waals surface area contributed by atoms with E-state index < -0.39 is 30.4 Å². The first-order valence-corrected chi connectivity index (χ1v) is 13.5. The zero-order valence-corrected chi connectivity index (χ0v) is 24.3. The smallest absolute Gasteiger partial charge is 0.323 e. The van der Waals surface area contributed by atoms with E-state index in [1.165, 1.54) is 30.5 Å². The molecule has 4 rings (SSSR count). The Kier molecular flexibility index (Phi) is 10.1.